The van der Waals surface area contributed by atoms with Gasteiger partial charge in [-0.3, -0.25) is 5.43 Å². The molecule has 8 bridgehead atoms. The molecule has 0 saturated heterocycles. The number of H-pyrrole nitrogens is 2. The first-order valence-electron chi connectivity index (χ1n) is 14.1. The topological polar surface area (TPSA) is 108 Å². The lowest BCUT2D eigenvalue weighted by Crippen LogP contribution is -2.30. The van der Waals surface area contributed by atoms with Crippen LogP contribution in [-0.4, -0.2) is 32.6 Å². The number of anilines is 1. The minimum atomic E-state index is -0.586. The highest BCUT2D eigenvalue weighted by atomic mass is 16.5. The number of amides is 1. The molecular weight excluding hydrogens is 536 g/mol. The quantitative estimate of drug-likeness (QED) is 0.158. The molecule has 0 unspecified atom stereocenters. The van der Waals surface area contributed by atoms with Crippen molar-refractivity contribution in [2.45, 2.75) is 6.92 Å². The molecule has 8 heteroatoms. The lowest BCUT2D eigenvalue weighted by atomic mass is 10.0. The van der Waals surface area contributed by atoms with Crippen molar-refractivity contribution in [1.82, 2.24) is 25.4 Å². The van der Waals surface area contributed by atoms with Crippen LogP contribution in [0.3, 0.4) is 0 Å². The summed E-state index contributed by atoms with van der Waals surface area (Å²) in [7, 11) is 0. The van der Waals surface area contributed by atoms with Gasteiger partial charge in [0.05, 0.1) is 34.9 Å². The molecule has 2 aliphatic heterocycles. The van der Waals surface area contributed by atoms with Crippen LogP contribution in [-0.2, 0) is 4.74 Å². The zero-order valence-electron chi connectivity index (χ0n) is 23.4. The van der Waals surface area contributed by atoms with Gasteiger partial charge in [0, 0.05) is 27.7 Å². The van der Waals surface area contributed by atoms with Crippen molar-refractivity contribution in [3.05, 3.63) is 114 Å². The second-order valence-corrected chi connectivity index (χ2v) is 10.1. The first-order chi connectivity index (χ1) is 21.2. The summed E-state index contributed by atoms with van der Waals surface area (Å²) in [4.78, 5) is 29.5. The SMILES string of the molecule is CCOC(=O)NNc1c2nc(c(-c3ccccc3)c3ccc(cc4nc(c(-c5ccccc5)c5ccc1[nH]5)C=C4)[nH]3)C=C2. The molecule has 7 rings (SSSR count). The molecule has 0 radical (unpaired) electrons. The van der Waals surface area contributed by atoms with Gasteiger partial charge in [0.15, 0.2) is 0 Å². The Balaban J connectivity index is 1.57. The molecule has 0 fully saturated rings. The predicted octanol–water partition coefficient (Wildman–Crippen LogP) is 8.06. The monoisotopic (exact) mass is 564 g/mol. The van der Waals surface area contributed by atoms with Crippen LogP contribution < -0.4 is 10.9 Å². The van der Waals surface area contributed by atoms with Gasteiger partial charge in [0.25, 0.3) is 0 Å². The molecule has 43 heavy (non-hydrogen) atoms. The number of aromatic nitrogens is 4. The molecule has 0 saturated carbocycles. The third-order valence-corrected chi connectivity index (χ3v) is 7.27. The van der Waals surface area contributed by atoms with Crippen LogP contribution in [0.2, 0.25) is 0 Å². The standard InChI is InChI=1S/C35H28N6O2/c1-2-43-35(42)41-40-34-30-19-17-28(38-30)32(22-9-5-3-6-10-22)26-15-13-24(36-26)21-25-14-16-27(37-25)33(23-11-7-4-8-12-23)29-18-20-31(34)39-29/h3-21,36,39-40H,2H2,1H3,(H,41,42). The fraction of sp³-hybridized carbons (Fsp3) is 0.0571. The number of carbonyl (C=O) groups is 1. The molecule has 1 amide bonds. The van der Waals surface area contributed by atoms with Crippen molar-refractivity contribution in [1.29, 1.82) is 0 Å². The van der Waals surface area contributed by atoms with E-state index < -0.39 is 6.09 Å². The molecule has 0 aliphatic carbocycles. The minimum Gasteiger partial charge on any atom is -0.449 e. The molecule has 0 spiro atoms. The first kappa shape index (κ1) is 26.0. The van der Waals surface area contributed by atoms with Crippen LogP contribution >= 0.6 is 0 Å². The van der Waals surface area contributed by atoms with Gasteiger partial charge in [-0.2, -0.15) is 0 Å². The maximum absolute atomic E-state index is 12.3. The fourth-order valence-corrected chi connectivity index (χ4v) is 5.37. The number of aromatic amines is 2. The van der Waals surface area contributed by atoms with Crippen molar-refractivity contribution >= 4 is 58.2 Å². The number of carbonyl (C=O) groups excluding carboxylic acids is 1. The van der Waals surface area contributed by atoms with Crippen LogP contribution in [0.1, 0.15) is 29.7 Å². The summed E-state index contributed by atoms with van der Waals surface area (Å²) in [5.74, 6) is 0. The van der Waals surface area contributed by atoms with E-state index in [1.807, 2.05) is 78.9 Å². The Kier molecular flexibility index (Phi) is 6.77. The molecule has 4 N–H and O–H groups in total. The molecule has 210 valence electrons. The maximum atomic E-state index is 12.3. The molecule has 3 aromatic heterocycles. The molecule has 5 aromatic rings. The van der Waals surface area contributed by atoms with Crippen molar-refractivity contribution in [3.8, 4) is 22.3 Å². The third-order valence-electron chi connectivity index (χ3n) is 7.27. The Morgan fingerprint density at radius 3 is 2.02 bits per heavy atom. The lowest BCUT2D eigenvalue weighted by molar-refractivity contribution is 0.154. The summed E-state index contributed by atoms with van der Waals surface area (Å²) >= 11 is 0. The highest BCUT2D eigenvalue weighted by molar-refractivity contribution is 5.96. The van der Waals surface area contributed by atoms with Gasteiger partial charge in [-0.05, 0) is 72.7 Å². The predicted molar refractivity (Wildman–Crippen MR) is 174 cm³/mol. The van der Waals surface area contributed by atoms with E-state index in [0.717, 1.165) is 61.4 Å². The Morgan fingerprint density at radius 2 is 1.30 bits per heavy atom. The van der Waals surface area contributed by atoms with Crippen molar-refractivity contribution in [3.63, 3.8) is 0 Å². The van der Waals surface area contributed by atoms with Gasteiger partial charge in [-0.15, -0.1) is 0 Å². The molecular formula is C35H28N6O2. The highest BCUT2D eigenvalue weighted by Crippen LogP contribution is 2.34. The fourth-order valence-electron chi connectivity index (χ4n) is 5.37. The number of hydrazine groups is 1. The number of rotatable bonds is 5. The number of ether oxygens (including phenoxy) is 1. The zero-order valence-corrected chi connectivity index (χ0v) is 23.4. The Morgan fingerprint density at radius 1 is 0.698 bits per heavy atom. The van der Waals surface area contributed by atoms with E-state index in [1.165, 1.54) is 0 Å². The maximum Gasteiger partial charge on any atom is 0.425 e. The second kappa shape index (κ2) is 11.2. The molecule has 5 heterocycles. The molecule has 0 atom stereocenters. The van der Waals surface area contributed by atoms with Crippen molar-refractivity contribution in [2.75, 3.05) is 12.0 Å². The molecule has 2 aromatic carbocycles. The number of hydrogen-bond acceptors (Lipinski definition) is 5. The smallest absolute Gasteiger partial charge is 0.425 e. The summed E-state index contributed by atoms with van der Waals surface area (Å²) in [5.41, 5.74) is 16.9. The molecule has 8 nitrogen and oxygen atoms in total. The average molecular weight is 565 g/mol. The largest absolute Gasteiger partial charge is 0.449 e. The number of benzene rings is 2. The number of nitrogens with one attached hydrogen (secondary N) is 4. The Bertz CT molecular complexity index is 2020. The Labute approximate surface area is 247 Å². The summed E-state index contributed by atoms with van der Waals surface area (Å²) < 4.78 is 5.10. The van der Waals surface area contributed by atoms with E-state index in [-0.39, 0.29) is 6.61 Å². The van der Waals surface area contributed by atoms with Crippen LogP contribution in [0.5, 0.6) is 0 Å². The van der Waals surface area contributed by atoms with Crippen LogP contribution in [0.4, 0.5) is 10.5 Å². The summed E-state index contributed by atoms with van der Waals surface area (Å²) in [5, 5.41) is 0. The highest BCUT2D eigenvalue weighted by Gasteiger charge is 2.16. The summed E-state index contributed by atoms with van der Waals surface area (Å²) in [6.07, 6.45) is 7.40. The van der Waals surface area contributed by atoms with Crippen LogP contribution in [0, 0.1) is 0 Å². The van der Waals surface area contributed by atoms with E-state index >= 15 is 0 Å². The second-order valence-electron chi connectivity index (χ2n) is 10.1. The van der Waals surface area contributed by atoms with Crippen molar-refractivity contribution < 1.29 is 9.53 Å². The van der Waals surface area contributed by atoms with Crippen molar-refractivity contribution in [2.24, 2.45) is 0 Å². The van der Waals surface area contributed by atoms with E-state index in [4.69, 9.17) is 14.7 Å². The number of hydrogen-bond donors (Lipinski definition) is 4. The van der Waals surface area contributed by atoms with Crippen LogP contribution in [0.15, 0.2) is 91.0 Å². The minimum absolute atomic E-state index is 0.253. The summed E-state index contributed by atoms with van der Waals surface area (Å²) in [6, 6.07) is 30.5. The van der Waals surface area contributed by atoms with Gasteiger partial charge in [0.2, 0.25) is 0 Å². The Hall–Kier alpha value is -5.89. The summed E-state index contributed by atoms with van der Waals surface area (Å²) in [6.45, 7) is 2.01. The van der Waals surface area contributed by atoms with Gasteiger partial charge < -0.3 is 14.7 Å². The number of nitrogens with zero attached hydrogens (tertiary/aromatic N) is 2. The van der Waals surface area contributed by atoms with Gasteiger partial charge in [-0.25, -0.2) is 20.2 Å². The van der Waals surface area contributed by atoms with E-state index in [9.17, 15) is 4.79 Å². The third kappa shape index (κ3) is 5.17. The lowest BCUT2D eigenvalue weighted by Gasteiger charge is -2.09. The van der Waals surface area contributed by atoms with E-state index in [2.05, 4.69) is 57.2 Å². The molecule has 2 aliphatic rings. The first-order valence-corrected chi connectivity index (χ1v) is 14.1. The normalized spacial score (nSPS) is 11.8. The average Bonchev–Trinajstić information content (AvgIpc) is 3.85. The van der Waals surface area contributed by atoms with Gasteiger partial charge >= 0.3 is 6.09 Å². The van der Waals surface area contributed by atoms with Gasteiger partial charge in [0.1, 0.15) is 5.69 Å². The van der Waals surface area contributed by atoms with Crippen LogP contribution in [0.25, 0.3) is 68.6 Å². The number of fused-ring (bicyclic) bond motifs is 8. The van der Waals surface area contributed by atoms with E-state index in [0.29, 0.717) is 11.4 Å². The zero-order chi connectivity index (χ0) is 29.2. The van der Waals surface area contributed by atoms with E-state index in [1.54, 1.807) is 6.92 Å². The van der Waals surface area contributed by atoms with Gasteiger partial charge in [-0.1, -0.05) is 60.7 Å².